The minimum Gasteiger partial charge on any atom is -0.382 e. The van der Waals surface area contributed by atoms with Gasteiger partial charge >= 0.3 is 13.7 Å². The first-order chi connectivity index (χ1) is 21.1. The summed E-state index contributed by atoms with van der Waals surface area (Å²) in [5.41, 5.74) is 14.7. The number of hydrogen-bond donors (Lipinski definition) is 2. The first-order valence-electron chi connectivity index (χ1n) is 13.7. The van der Waals surface area contributed by atoms with E-state index in [0.717, 1.165) is 5.56 Å². The summed E-state index contributed by atoms with van der Waals surface area (Å²) in [4.78, 5) is 43.2. The second kappa shape index (κ2) is 13.3. The summed E-state index contributed by atoms with van der Waals surface area (Å²) in [5, 5.41) is 1.29. The summed E-state index contributed by atoms with van der Waals surface area (Å²) < 4.78 is 25.2. The van der Waals surface area contributed by atoms with Crippen LogP contribution in [0.3, 0.4) is 0 Å². The number of nitrogen functional groups attached to an aromatic ring is 1. The molecule has 4 aromatic rings. The van der Waals surface area contributed by atoms with E-state index in [1.54, 1.807) is 60.9 Å². The fraction of sp³-hybridized carbons (Fsp3) is 0.233. The smallest absolute Gasteiger partial charge is 0.382 e. The van der Waals surface area contributed by atoms with Crippen LogP contribution in [-0.2, 0) is 23.2 Å². The molecule has 0 fully saturated rings. The molecule has 0 spiro atoms. The lowest BCUT2D eigenvalue weighted by atomic mass is 10.1. The van der Waals surface area contributed by atoms with Gasteiger partial charge in [0.05, 0.1) is 31.8 Å². The van der Waals surface area contributed by atoms with Gasteiger partial charge < -0.3 is 14.8 Å². The van der Waals surface area contributed by atoms with Crippen LogP contribution in [0, 0.1) is 5.92 Å². The molecule has 2 heterocycles. The number of fused-ring (bicyclic) bond motifs is 1. The molecule has 1 unspecified atom stereocenters. The molecular weight excluding hydrogens is 585 g/mol. The Morgan fingerprint density at radius 1 is 1.11 bits per heavy atom. The van der Waals surface area contributed by atoms with Crippen molar-refractivity contribution < 1.29 is 28.0 Å². The van der Waals surface area contributed by atoms with Gasteiger partial charge in [0, 0.05) is 11.5 Å². The molecule has 1 aliphatic rings. The number of carbonyl (C=O) groups excluding carboxylic acids is 2. The van der Waals surface area contributed by atoms with E-state index < -0.39 is 19.8 Å². The van der Waals surface area contributed by atoms with Gasteiger partial charge in [-0.05, 0) is 37.1 Å². The van der Waals surface area contributed by atoms with Gasteiger partial charge in [-0.15, -0.1) is 0 Å². The normalized spacial score (nSPS) is 18.3. The Bertz CT molecular complexity index is 1740. The molecule has 0 amide bonds. The Kier molecular flexibility index (Phi) is 9.31. The van der Waals surface area contributed by atoms with E-state index in [2.05, 4.69) is 15.0 Å². The van der Waals surface area contributed by atoms with E-state index in [1.807, 2.05) is 22.8 Å². The monoisotopic (exact) mass is 617 g/mol. The summed E-state index contributed by atoms with van der Waals surface area (Å²) in [6, 6.07) is 14.8. The van der Waals surface area contributed by atoms with Gasteiger partial charge in [-0.2, -0.15) is 0 Å². The number of benzene rings is 2. The van der Waals surface area contributed by atoms with Crippen LogP contribution in [0.5, 0.6) is 0 Å². The Labute approximate surface area is 253 Å². The quantitative estimate of drug-likeness (QED) is 0.0749. The van der Waals surface area contributed by atoms with E-state index in [-0.39, 0.29) is 24.3 Å². The molecule has 0 bridgehead atoms. The number of aromatic nitrogens is 4. The lowest BCUT2D eigenvalue weighted by molar-refractivity contribution is -0.138. The predicted octanol–water partition coefficient (Wildman–Crippen LogP) is 4.50. The van der Waals surface area contributed by atoms with Gasteiger partial charge in [-0.25, -0.2) is 34.9 Å². The van der Waals surface area contributed by atoms with Gasteiger partial charge in [-0.3, -0.25) is 14.2 Å². The Morgan fingerprint density at radius 3 is 2.59 bits per heavy atom. The third-order valence-electron chi connectivity index (χ3n) is 7.10. The third-order valence-corrected chi connectivity index (χ3v) is 8.05. The molecule has 13 nitrogen and oxygen atoms in total. The lowest BCUT2D eigenvalue weighted by Crippen LogP contribution is -2.39. The summed E-state index contributed by atoms with van der Waals surface area (Å²) in [6.07, 6.45) is 10.7. The van der Waals surface area contributed by atoms with Gasteiger partial charge in [0.15, 0.2) is 23.3 Å². The maximum absolute atomic E-state index is 12.9. The van der Waals surface area contributed by atoms with Crippen molar-refractivity contribution in [2.75, 3.05) is 24.5 Å². The maximum Gasteiger partial charge on any atom is 0.458 e. The van der Waals surface area contributed by atoms with Crippen LogP contribution >= 0.6 is 7.75 Å². The Hall–Kier alpha value is -4.68. The number of nitrogens with zero attached hydrogens (tertiary/aromatic N) is 5. The van der Waals surface area contributed by atoms with Crippen LogP contribution in [-0.4, -0.2) is 51.0 Å². The zero-order valence-electron chi connectivity index (χ0n) is 24.1. The standard InChI is InChI=1S/C30H32N7O6P/c1-20(37(41-2)24-12-8-21(9-13-24)11-15-26(38)23-6-4-3-5-7-23)30(39)43-44(32,40)42-17-22-10-14-25(16-22)36-19-35-27-28(31)33-18-34-29(27)36/h3-15,18-20,22,25H,16-17H2,1-2H3,(H2,32,40)(H2,31,33,34)/t20-,22-,25+,44?/m0/s1. The molecule has 228 valence electrons. The highest BCUT2D eigenvalue weighted by atomic mass is 31.2. The van der Waals surface area contributed by atoms with Crippen LogP contribution in [0.4, 0.5) is 11.5 Å². The largest absolute Gasteiger partial charge is 0.458 e. The van der Waals surface area contributed by atoms with E-state index >= 15 is 0 Å². The molecule has 1 aliphatic carbocycles. The van der Waals surface area contributed by atoms with Crippen molar-refractivity contribution in [1.82, 2.24) is 19.5 Å². The first kappa shape index (κ1) is 30.8. The zero-order chi connectivity index (χ0) is 31.3. The second-order valence-electron chi connectivity index (χ2n) is 10.1. The zero-order valence-corrected chi connectivity index (χ0v) is 25.0. The van der Waals surface area contributed by atoms with Crippen molar-refractivity contribution in [3.05, 3.63) is 96.6 Å². The highest BCUT2D eigenvalue weighted by Crippen LogP contribution is 2.42. The number of hydrogen-bond acceptors (Lipinski definition) is 11. The predicted molar refractivity (Wildman–Crippen MR) is 165 cm³/mol. The van der Waals surface area contributed by atoms with Crippen molar-refractivity contribution in [2.24, 2.45) is 11.4 Å². The lowest BCUT2D eigenvalue weighted by Gasteiger charge is -2.27. The number of imidazole rings is 1. The molecule has 0 saturated carbocycles. The van der Waals surface area contributed by atoms with Gasteiger partial charge in [-0.1, -0.05) is 60.7 Å². The first-order valence-corrected chi connectivity index (χ1v) is 15.3. The van der Waals surface area contributed by atoms with E-state index in [9.17, 15) is 14.2 Å². The number of hydroxylamine groups is 1. The molecule has 0 radical (unpaired) electrons. The molecule has 5 rings (SSSR count). The second-order valence-corrected chi connectivity index (χ2v) is 11.6. The molecule has 44 heavy (non-hydrogen) atoms. The van der Waals surface area contributed by atoms with Crippen LogP contribution < -0.4 is 16.3 Å². The van der Waals surface area contributed by atoms with Gasteiger partial charge in [0.2, 0.25) is 0 Å². The van der Waals surface area contributed by atoms with Crippen molar-refractivity contribution in [3.63, 3.8) is 0 Å². The number of anilines is 2. The highest BCUT2D eigenvalue weighted by molar-refractivity contribution is 7.51. The average Bonchev–Trinajstić information content (AvgIpc) is 3.68. The number of allylic oxidation sites excluding steroid dienone is 2. The summed E-state index contributed by atoms with van der Waals surface area (Å²) in [7, 11) is -2.85. The number of rotatable bonds is 12. The van der Waals surface area contributed by atoms with Crippen LogP contribution in [0.15, 0.2) is 85.5 Å². The van der Waals surface area contributed by atoms with E-state index in [0.29, 0.717) is 34.7 Å². The Balaban J connectivity index is 1.13. The molecule has 2 aromatic heterocycles. The van der Waals surface area contributed by atoms with Crippen molar-refractivity contribution in [2.45, 2.75) is 25.4 Å². The van der Waals surface area contributed by atoms with Gasteiger partial charge in [0.1, 0.15) is 11.8 Å². The number of carbonyl (C=O) groups is 2. The number of ketones is 1. The van der Waals surface area contributed by atoms with Crippen LogP contribution in [0.1, 0.15) is 35.3 Å². The van der Waals surface area contributed by atoms with E-state index in [1.165, 1.54) is 31.5 Å². The van der Waals surface area contributed by atoms with Crippen molar-refractivity contribution in [3.8, 4) is 0 Å². The minimum atomic E-state index is -4.24. The SMILES string of the molecule is CON(c1ccc(C=CC(=O)c2ccccc2)cc1)[C@@H](C)C(=O)OP(N)(=O)OC[C@H]1C=C[C@@H](n2cnc3c(N)ncnc32)C1. The molecule has 4 atom stereocenters. The minimum absolute atomic E-state index is 0.0259. The fourth-order valence-electron chi connectivity index (χ4n) is 4.81. The topological polar surface area (TPSA) is 178 Å². The summed E-state index contributed by atoms with van der Waals surface area (Å²) in [6.45, 7) is 1.50. The molecule has 4 N–H and O–H groups in total. The molecule has 0 aliphatic heterocycles. The highest BCUT2D eigenvalue weighted by Gasteiger charge is 2.32. The maximum atomic E-state index is 12.9. The third kappa shape index (κ3) is 7.09. The summed E-state index contributed by atoms with van der Waals surface area (Å²) in [5.74, 6) is -0.855. The summed E-state index contributed by atoms with van der Waals surface area (Å²) >= 11 is 0. The van der Waals surface area contributed by atoms with Crippen LogP contribution in [0.25, 0.3) is 17.2 Å². The van der Waals surface area contributed by atoms with Crippen molar-refractivity contribution >= 4 is 48.2 Å². The van der Waals surface area contributed by atoms with Crippen LogP contribution in [0.2, 0.25) is 0 Å². The molecule has 2 aromatic carbocycles. The Morgan fingerprint density at radius 2 is 1.86 bits per heavy atom. The molecular formula is C30H32N7O6P. The van der Waals surface area contributed by atoms with E-state index in [4.69, 9.17) is 25.1 Å². The number of nitrogens with two attached hydrogens (primary N) is 2. The molecule has 14 heteroatoms. The van der Waals surface area contributed by atoms with Gasteiger partial charge in [0.25, 0.3) is 0 Å². The average molecular weight is 618 g/mol. The molecule has 0 saturated heterocycles. The van der Waals surface area contributed by atoms with Crippen molar-refractivity contribution in [1.29, 1.82) is 0 Å². The fourth-order valence-corrected chi connectivity index (χ4v) is 5.66.